The van der Waals surface area contributed by atoms with Crippen LogP contribution in [-0.4, -0.2) is 48.1 Å². The Hall–Kier alpha value is -8.44. The summed E-state index contributed by atoms with van der Waals surface area (Å²) in [4.78, 5) is 1.64. The van der Waals surface area contributed by atoms with E-state index < -0.39 is 0 Å². The van der Waals surface area contributed by atoms with Gasteiger partial charge in [-0.15, -0.1) is 0 Å². The molecule has 8 aromatic rings. The zero-order valence-corrected chi connectivity index (χ0v) is 31.2. The van der Waals surface area contributed by atoms with E-state index in [0.29, 0.717) is 22.3 Å². The molecule has 0 radical (unpaired) electrons. The Labute approximate surface area is 336 Å². The molecule has 11 nitrogen and oxygen atoms in total. The third kappa shape index (κ3) is 5.67. The zero-order valence-electron chi connectivity index (χ0n) is 31.2. The van der Waals surface area contributed by atoms with Crippen LogP contribution in [0.15, 0.2) is 196 Å². The lowest BCUT2D eigenvalue weighted by Gasteiger charge is -2.32. The molecule has 6 aromatic carbocycles. The number of rotatable bonds is 7. The number of nitrogens with zero attached hydrogens (tertiary/aromatic N) is 6. The average Bonchev–Trinajstić information content (AvgIpc) is 3.92. The van der Waals surface area contributed by atoms with Gasteiger partial charge in [-0.2, -0.15) is 0 Å². The first-order chi connectivity index (χ1) is 29.1. The van der Waals surface area contributed by atoms with Gasteiger partial charge in [0.2, 0.25) is 0 Å². The third-order valence-corrected chi connectivity index (χ3v) is 10.8. The fourth-order valence-electron chi connectivity index (χ4n) is 8.10. The number of fused-ring (bicyclic) bond motifs is 4. The van der Waals surface area contributed by atoms with Crippen molar-refractivity contribution in [2.75, 3.05) is 4.90 Å². The third-order valence-electron chi connectivity index (χ3n) is 10.8. The standard InChI is InChI=1S/C48H32N8O3/c49-43-33(29-11-3-1-4-12-29)25-27-41(46(43)52-58)56(40-20-10-18-38(51-57)44(40)50)42-28-26-34(45-47(42)54-59-53-45)30-21-23-31(24-22-30)35-16-9-17-37-36-15-7-8-19-39(36)55(48(35)37)32-13-5-2-6-14-32/h1-28,49-50,57-58H/b49-43?,50-44?,51-38-,52-46-. The summed E-state index contributed by atoms with van der Waals surface area (Å²) in [5, 5.41) is 56.3. The Balaban J connectivity index is 1.09. The summed E-state index contributed by atoms with van der Waals surface area (Å²) in [6, 6.07) is 46.7. The van der Waals surface area contributed by atoms with Gasteiger partial charge in [0, 0.05) is 33.2 Å². The zero-order chi connectivity index (χ0) is 40.0. The molecule has 4 N–H and O–H groups in total. The first-order valence-electron chi connectivity index (χ1n) is 18.8. The van der Waals surface area contributed by atoms with Crippen LogP contribution >= 0.6 is 0 Å². The number of hydrogen-bond acceptors (Lipinski definition) is 10. The largest absolute Gasteiger partial charge is 0.410 e. The second kappa shape index (κ2) is 14.3. The predicted octanol–water partition coefficient (Wildman–Crippen LogP) is 10.6. The highest BCUT2D eigenvalue weighted by Crippen LogP contribution is 2.41. The first-order valence-corrected chi connectivity index (χ1v) is 18.8. The number of anilines is 1. The van der Waals surface area contributed by atoms with Crippen molar-refractivity contribution in [1.82, 2.24) is 14.9 Å². The summed E-state index contributed by atoms with van der Waals surface area (Å²) in [7, 11) is 0. The summed E-state index contributed by atoms with van der Waals surface area (Å²) in [6.45, 7) is 0. The van der Waals surface area contributed by atoms with Crippen molar-refractivity contribution in [3.8, 4) is 27.9 Å². The van der Waals surface area contributed by atoms with E-state index in [2.05, 4.69) is 116 Å². The van der Waals surface area contributed by atoms with E-state index in [1.807, 2.05) is 48.5 Å². The van der Waals surface area contributed by atoms with Gasteiger partial charge < -0.3 is 19.9 Å². The number of para-hydroxylation sites is 3. The van der Waals surface area contributed by atoms with Gasteiger partial charge in [0.1, 0.15) is 16.9 Å². The second-order valence-corrected chi connectivity index (χ2v) is 14.0. The molecule has 10 rings (SSSR count). The molecule has 59 heavy (non-hydrogen) atoms. The average molecular weight is 769 g/mol. The van der Waals surface area contributed by atoms with Crippen LogP contribution in [0.5, 0.6) is 0 Å². The summed E-state index contributed by atoms with van der Waals surface area (Å²) >= 11 is 0. The van der Waals surface area contributed by atoms with E-state index in [-0.39, 0.29) is 34.2 Å². The maximum absolute atomic E-state index is 10.4. The van der Waals surface area contributed by atoms with Crippen LogP contribution in [0.2, 0.25) is 0 Å². The highest BCUT2D eigenvalue weighted by atomic mass is 16.6. The second-order valence-electron chi connectivity index (χ2n) is 14.0. The van der Waals surface area contributed by atoms with Crippen molar-refractivity contribution in [1.29, 1.82) is 10.8 Å². The molecule has 0 fully saturated rings. The lowest BCUT2D eigenvalue weighted by atomic mass is 9.90. The summed E-state index contributed by atoms with van der Waals surface area (Å²) in [6.07, 6.45) is 8.33. The van der Waals surface area contributed by atoms with Crippen molar-refractivity contribution in [2.24, 2.45) is 10.3 Å². The summed E-state index contributed by atoms with van der Waals surface area (Å²) in [5.41, 5.74) is 10.1. The minimum absolute atomic E-state index is 0.0213. The number of allylic oxidation sites excluding steroid dienone is 8. The van der Waals surface area contributed by atoms with Crippen molar-refractivity contribution in [3.63, 3.8) is 0 Å². The molecule has 0 saturated heterocycles. The molecule has 11 heteroatoms. The van der Waals surface area contributed by atoms with Crippen LogP contribution in [-0.2, 0) is 0 Å². The van der Waals surface area contributed by atoms with Crippen molar-refractivity contribution in [3.05, 3.63) is 187 Å². The molecule has 0 aliphatic heterocycles. The van der Waals surface area contributed by atoms with Crippen molar-refractivity contribution >= 4 is 66.9 Å². The fraction of sp³-hybridized carbons (Fsp3) is 0. The van der Waals surface area contributed by atoms with Crippen molar-refractivity contribution in [2.45, 2.75) is 0 Å². The Morgan fingerprint density at radius 2 is 1.27 bits per heavy atom. The predicted molar refractivity (Wildman–Crippen MR) is 233 cm³/mol. The molecule has 2 heterocycles. The Bertz CT molecular complexity index is 3210. The monoisotopic (exact) mass is 768 g/mol. The normalized spacial score (nSPS) is 15.6. The van der Waals surface area contributed by atoms with Gasteiger partial charge >= 0.3 is 0 Å². The van der Waals surface area contributed by atoms with Crippen LogP contribution < -0.4 is 4.90 Å². The SMILES string of the molecule is N=C1C(N(C2=CC=C(c3ccccc3)C(=N)/C2=N\O)c2ccc(-c3ccc(-c4cccc5c6ccccc6n(-c6ccccc6)c45)cc3)c3nonc23)=CC=C/C1=N/O. The van der Waals surface area contributed by atoms with Gasteiger partial charge in [0.25, 0.3) is 0 Å². The topological polar surface area (TPSA) is 160 Å². The quantitative estimate of drug-likeness (QED) is 0.0717. The molecule has 2 aromatic heterocycles. The molecule has 2 aliphatic rings. The smallest absolute Gasteiger partial charge is 0.159 e. The lowest BCUT2D eigenvalue weighted by Crippen LogP contribution is -2.37. The summed E-state index contributed by atoms with van der Waals surface area (Å²) < 4.78 is 7.73. The van der Waals surface area contributed by atoms with Gasteiger partial charge in [0.05, 0.1) is 33.8 Å². The molecular weight excluding hydrogens is 737 g/mol. The molecule has 0 unspecified atom stereocenters. The van der Waals surface area contributed by atoms with E-state index in [4.69, 9.17) is 15.4 Å². The van der Waals surface area contributed by atoms with Crippen LogP contribution in [0.25, 0.3) is 66.4 Å². The highest BCUT2D eigenvalue weighted by molar-refractivity contribution is 6.63. The van der Waals surface area contributed by atoms with Crippen LogP contribution in [0.4, 0.5) is 5.69 Å². The molecule has 282 valence electrons. The highest BCUT2D eigenvalue weighted by Gasteiger charge is 2.33. The number of aromatic nitrogens is 3. The molecule has 0 bridgehead atoms. The van der Waals surface area contributed by atoms with E-state index in [1.165, 1.54) is 16.8 Å². The molecule has 0 saturated carbocycles. The lowest BCUT2D eigenvalue weighted by molar-refractivity contribution is 0.315. The van der Waals surface area contributed by atoms with Gasteiger partial charge in [-0.05, 0) is 81.6 Å². The fourth-order valence-corrected chi connectivity index (χ4v) is 8.10. The van der Waals surface area contributed by atoms with E-state index in [1.54, 1.807) is 29.2 Å². The molecular formula is C48H32N8O3. The van der Waals surface area contributed by atoms with E-state index >= 15 is 0 Å². The Morgan fingerprint density at radius 3 is 2.03 bits per heavy atom. The molecule has 2 aliphatic carbocycles. The molecule has 0 atom stereocenters. The number of benzene rings is 6. The van der Waals surface area contributed by atoms with E-state index in [0.717, 1.165) is 44.5 Å². The van der Waals surface area contributed by atoms with Gasteiger partial charge in [0.15, 0.2) is 11.2 Å². The van der Waals surface area contributed by atoms with Crippen molar-refractivity contribution < 1.29 is 15.0 Å². The van der Waals surface area contributed by atoms with Gasteiger partial charge in [-0.25, -0.2) is 4.63 Å². The minimum atomic E-state index is -0.108. The van der Waals surface area contributed by atoms with E-state index in [9.17, 15) is 10.4 Å². The maximum atomic E-state index is 10.4. The maximum Gasteiger partial charge on any atom is 0.159 e. The first kappa shape index (κ1) is 35.0. The Morgan fingerprint density at radius 1 is 0.576 bits per heavy atom. The minimum Gasteiger partial charge on any atom is -0.410 e. The molecule has 0 amide bonds. The molecule has 0 spiro atoms. The number of oxime groups is 2. The van der Waals surface area contributed by atoms with Crippen LogP contribution in [0, 0.1) is 10.8 Å². The number of hydrogen-bond donors (Lipinski definition) is 4. The van der Waals surface area contributed by atoms with Crippen LogP contribution in [0.3, 0.4) is 0 Å². The Kier molecular flexibility index (Phi) is 8.46. The van der Waals surface area contributed by atoms with Gasteiger partial charge in [-0.1, -0.05) is 126 Å². The number of nitrogens with one attached hydrogen (secondary N) is 2. The summed E-state index contributed by atoms with van der Waals surface area (Å²) in [5.74, 6) is 0. The van der Waals surface area contributed by atoms with Gasteiger partial charge in [-0.3, -0.25) is 10.8 Å². The van der Waals surface area contributed by atoms with Crippen LogP contribution in [0.1, 0.15) is 5.56 Å².